The minimum atomic E-state index is -4.37. The molecule has 10 heteroatoms. The second kappa shape index (κ2) is 36.6. The zero-order chi connectivity index (χ0) is 37.0. The maximum Gasteiger partial charge on any atom is 0.472 e. The maximum atomic E-state index is 12.7. The molecule has 0 radical (unpaired) electrons. The lowest BCUT2D eigenvalue weighted by molar-refractivity contribution is -0.125. The molecule has 4 atom stereocenters. The van der Waals surface area contributed by atoms with Crippen LogP contribution in [-0.4, -0.2) is 59.0 Å². The van der Waals surface area contributed by atoms with Gasteiger partial charge in [0.15, 0.2) is 0 Å². The highest BCUT2D eigenvalue weighted by Crippen LogP contribution is 2.43. The number of nitrogens with one attached hydrogen (secondary N) is 1. The molecule has 0 fully saturated rings. The van der Waals surface area contributed by atoms with Crippen LogP contribution in [0, 0.1) is 0 Å². The van der Waals surface area contributed by atoms with Crippen molar-refractivity contribution in [2.24, 2.45) is 5.73 Å². The molecule has 0 aliphatic carbocycles. The SMILES string of the molecule is CCCCCC/C=C\CC(O)CC(=O)NC(COP(=O)(O)OCCN)C(O)CCCCCCCCCCCCCCCCCCCCCCC. The number of amides is 1. The number of carbonyl (C=O) groups excluding carboxylic acids is 1. The van der Waals surface area contributed by atoms with Crippen molar-refractivity contribution in [2.75, 3.05) is 19.8 Å². The number of rotatable bonds is 39. The van der Waals surface area contributed by atoms with Crippen LogP contribution in [0.1, 0.15) is 200 Å². The molecule has 0 aromatic heterocycles. The van der Waals surface area contributed by atoms with Gasteiger partial charge in [0.1, 0.15) is 0 Å². The van der Waals surface area contributed by atoms with Crippen LogP contribution in [0.15, 0.2) is 12.2 Å². The molecule has 0 saturated carbocycles. The number of aliphatic hydroxyl groups is 2. The van der Waals surface area contributed by atoms with Crippen LogP contribution in [0.25, 0.3) is 0 Å². The van der Waals surface area contributed by atoms with Gasteiger partial charge in [-0.3, -0.25) is 13.8 Å². The predicted octanol–water partition coefficient (Wildman–Crippen LogP) is 10.2. The predicted molar refractivity (Wildman–Crippen MR) is 209 cm³/mol. The number of hydrogen-bond donors (Lipinski definition) is 5. The third-order valence-corrected chi connectivity index (χ3v) is 10.4. The summed E-state index contributed by atoms with van der Waals surface area (Å²) < 4.78 is 22.0. The lowest BCUT2D eigenvalue weighted by Gasteiger charge is -2.25. The van der Waals surface area contributed by atoms with Crippen molar-refractivity contribution in [3.63, 3.8) is 0 Å². The van der Waals surface area contributed by atoms with Crippen LogP contribution in [0.3, 0.4) is 0 Å². The van der Waals surface area contributed by atoms with Crippen LogP contribution in [-0.2, 0) is 18.4 Å². The molecule has 1 amide bonds. The summed E-state index contributed by atoms with van der Waals surface area (Å²) in [5.41, 5.74) is 5.35. The molecule has 50 heavy (non-hydrogen) atoms. The Morgan fingerprint density at radius 1 is 0.680 bits per heavy atom. The molecule has 9 nitrogen and oxygen atoms in total. The summed E-state index contributed by atoms with van der Waals surface area (Å²) in [5, 5.41) is 23.9. The fourth-order valence-electron chi connectivity index (χ4n) is 6.24. The van der Waals surface area contributed by atoms with E-state index in [0.29, 0.717) is 12.8 Å². The van der Waals surface area contributed by atoms with Gasteiger partial charge in [-0.2, -0.15) is 0 Å². The van der Waals surface area contributed by atoms with Gasteiger partial charge in [-0.25, -0.2) is 4.57 Å². The van der Waals surface area contributed by atoms with Gasteiger partial charge in [-0.1, -0.05) is 180 Å². The van der Waals surface area contributed by atoms with E-state index >= 15 is 0 Å². The Hall–Kier alpha value is -0.800. The molecule has 0 heterocycles. The molecule has 0 spiro atoms. The van der Waals surface area contributed by atoms with E-state index in [0.717, 1.165) is 32.1 Å². The Morgan fingerprint density at radius 2 is 1.12 bits per heavy atom. The fourth-order valence-corrected chi connectivity index (χ4v) is 7.00. The highest BCUT2D eigenvalue weighted by atomic mass is 31.2. The second-order valence-electron chi connectivity index (χ2n) is 14.4. The molecule has 0 aliphatic heterocycles. The summed E-state index contributed by atoms with van der Waals surface area (Å²) in [4.78, 5) is 22.6. The third kappa shape index (κ3) is 34.3. The number of carbonyl (C=O) groups is 1. The summed E-state index contributed by atoms with van der Waals surface area (Å²) >= 11 is 0. The molecule has 6 N–H and O–H groups in total. The number of phosphoric ester groups is 1. The Bertz CT molecular complexity index is 817. The van der Waals surface area contributed by atoms with Crippen LogP contribution in [0.5, 0.6) is 0 Å². The van der Waals surface area contributed by atoms with Crippen LogP contribution in [0.2, 0.25) is 0 Å². The van der Waals surface area contributed by atoms with Gasteiger partial charge < -0.3 is 26.2 Å². The maximum absolute atomic E-state index is 12.7. The molecule has 0 rings (SSSR count). The summed E-state index contributed by atoms with van der Waals surface area (Å²) in [7, 11) is -4.37. The number of phosphoric acid groups is 1. The zero-order valence-electron chi connectivity index (χ0n) is 32.5. The summed E-state index contributed by atoms with van der Waals surface area (Å²) in [6, 6.07) is -0.907. The van der Waals surface area contributed by atoms with E-state index in [9.17, 15) is 24.5 Å². The van der Waals surface area contributed by atoms with Gasteiger partial charge in [0, 0.05) is 6.54 Å². The number of nitrogens with two attached hydrogens (primary N) is 1. The van der Waals surface area contributed by atoms with Crippen molar-refractivity contribution in [3.05, 3.63) is 12.2 Å². The third-order valence-electron chi connectivity index (χ3n) is 9.42. The van der Waals surface area contributed by atoms with Crippen molar-refractivity contribution in [3.8, 4) is 0 Å². The van der Waals surface area contributed by atoms with Gasteiger partial charge in [-0.05, 0) is 25.7 Å². The largest absolute Gasteiger partial charge is 0.472 e. The number of aliphatic hydroxyl groups excluding tert-OH is 2. The minimum Gasteiger partial charge on any atom is -0.392 e. The first-order valence-electron chi connectivity index (χ1n) is 20.9. The van der Waals surface area contributed by atoms with E-state index in [1.807, 2.05) is 12.2 Å². The van der Waals surface area contributed by atoms with Gasteiger partial charge in [-0.15, -0.1) is 0 Å². The molecule has 4 unspecified atom stereocenters. The Labute approximate surface area is 307 Å². The number of hydrogen-bond acceptors (Lipinski definition) is 7. The average molecular weight is 733 g/mol. The van der Waals surface area contributed by atoms with Crippen LogP contribution >= 0.6 is 7.82 Å². The second-order valence-corrected chi connectivity index (χ2v) is 15.9. The molecule has 0 saturated heterocycles. The smallest absolute Gasteiger partial charge is 0.392 e. The number of allylic oxidation sites excluding steroid dienone is 1. The first kappa shape index (κ1) is 49.2. The van der Waals surface area contributed by atoms with E-state index in [2.05, 4.69) is 19.2 Å². The Balaban J connectivity index is 4.16. The van der Waals surface area contributed by atoms with Crippen molar-refractivity contribution >= 4 is 13.7 Å². The van der Waals surface area contributed by atoms with E-state index in [1.165, 1.54) is 135 Å². The fraction of sp³-hybridized carbons (Fsp3) is 0.925. The average Bonchev–Trinajstić information content (AvgIpc) is 3.09. The van der Waals surface area contributed by atoms with Crippen molar-refractivity contribution in [1.82, 2.24) is 5.32 Å². The topological polar surface area (TPSA) is 151 Å². The minimum absolute atomic E-state index is 0.0568. The van der Waals surface area contributed by atoms with E-state index in [-0.39, 0.29) is 19.6 Å². The normalized spacial score (nSPS) is 14.9. The van der Waals surface area contributed by atoms with Crippen molar-refractivity contribution < 1.29 is 33.5 Å². The zero-order valence-corrected chi connectivity index (χ0v) is 33.4. The quantitative estimate of drug-likeness (QED) is 0.0238. The highest BCUT2D eigenvalue weighted by Gasteiger charge is 2.28. The van der Waals surface area contributed by atoms with E-state index < -0.39 is 38.6 Å². The van der Waals surface area contributed by atoms with Crippen LogP contribution in [0.4, 0.5) is 0 Å². The van der Waals surface area contributed by atoms with E-state index in [1.54, 1.807) is 0 Å². The molecular formula is C40H81N2O7P. The lowest BCUT2D eigenvalue weighted by atomic mass is 10.0. The molecule has 0 aromatic carbocycles. The van der Waals surface area contributed by atoms with Crippen molar-refractivity contribution in [1.29, 1.82) is 0 Å². The van der Waals surface area contributed by atoms with Crippen molar-refractivity contribution in [2.45, 2.75) is 218 Å². The monoisotopic (exact) mass is 733 g/mol. The van der Waals surface area contributed by atoms with Gasteiger partial charge in [0.05, 0.1) is 37.9 Å². The first-order chi connectivity index (χ1) is 24.3. The molecule has 0 aromatic rings. The van der Waals surface area contributed by atoms with Gasteiger partial charge in [0.2, 0.25) is 5.91 Å². The summed E-state index contributed by atoms with van der Waals surface area (Å²) in [6.07, 6.45) is 35.8. The first-order valence-corrected chi connectivity index (χ1v) is 22.4. The molecule has 0 bridgehead atoms. The molecular weight excluding hydrogens is 651 g/mol. The molecule has 298 valence electrons. The Morgan fingerprint density at radius 3 is 1.58 bits per heavy atom. The molecule has 0 aliphatic rings. The van der Waals surface area contributed by atoms with Crippen LogP contribution < -0.4 is 11.1 Å². The standard InChI is InChI=1S/C40H81N2O7P/c1-3-5-7-9-11-12-13-14-15-16-17-18-19-20-21-22-23-24-26-28-30-32-39(44)38(36-49-50(46,47)48-34-33-41)42-40(45)35-37(43)31-29-27-25-10-8-6-4-2/h27,29,37-39,43-44H,3-26,28,30-36,41H2,1-2H3,(H,42,45)(H,46,47)/b29-27-. The lowest BCUT2D eigenvalue weighted by Crippen LogP contribution is -2.47. The highest BCUT2D eigenvalue weighted by molar-refractivity contribution is 7.47. The summed E-state index contributed by atoms with van der Waals surface area (Å²) in [6.45, 7) is 3.97. The summed E-state index contributed by atoms with van der Waals surface area (Å²) in [5.74, 6) is -0.448. The number of unbranched alkanes of at least 4 members (excludes halogenated alkanes) is 24. The van der Waals surface area contributed by atoms with Gasteiger partial charge >= 0.3 is 7.82 Å². The van der Waals surface area contributed by atoms with Gasteiger partial charge in [0.25, 0.3) is 0 Å². The Kier molecular flexibility index (Phi) is 36.0. The van der Waals surface area contributed by atoms with E-state index in [4.69, 9.17) is 14.8 Å².